The molecule has 4 heteroatoms. The van der Waals surface area contributed by atoms with Crippen LogP contribution in [0.1, 0.15) is 27.0 Å². The Morgan fingerprint density at radius 2 is 1.54 bits per heavy atom. The zero-order valence-corrected chi connectivity index (χ0v) is 14.3. The van der Waals surface area contributed by atoms with Crippen molar-refractivity contribution in [1.82, 2.24) is 9.80 Å². The van der Waals surface area contributed by atoms with Gasteiger partial charge in [-0.25, -0.2) is 4.39 Å². The molecular weight excluding hydrogens is 303 g/mol. The van der Waals surface area contributed by atoms with Gasteiger partial charge in [-0.05, 0) is 43.7 Å². The summed E-state index contributed by atoms with van der Waals surface area (Å²) in [6.07, 6.45) is 0. The minimum atomic E-state index is -0.206. The SMILES string of the molecule is Cc1cc(C)cc(C(=O)N2CCN(Cc3ccc(F)cc3)CC2)c1. The minimum absolute atomic E-state index is 0.114. The van der Waals surface area contributed by atoms with Gasteiger partial charge in [0, 0.05) is 38.3 Å². The maximum Gasteiger partial charge on any atom is 0.253 e. The molecule has 0 N–H and O–H groups in total. The standard InChI is InChI=1S/C20H23FN2O/c1-15-11-16(2)13-18(12-15)20(24)23-9-7-22(8-10-23)14-17-3-5-19(21)6-4-17/h3-6,11-13H,7-10,14H2,1-2H3. The first-order valence-corrected chi connectivity index (χ1v) is 8.35. The molecule has 0 radical (unpaired) electrons. The van der Waals surface area contributed by atoms with Crippen LogP contribution in [-0.4, -0.2) is 41.9 Å². The Morgan fingerprint density at radius 1 is 0.958 bits per heavy atom. The van der Waals surface area contributed by atoms with E-state index in [2.05, 4.69) is 11.0 Å². The van der Waals surface area contributed by atoms with E-state index >= 15 is 0 Å². The fourth-order valence-corrected chi connectivity index (χ4v) is 3.24. The average Bonchev–Trinajstić information content (AvgIpc) is 2.56. The first kappa shape index (κ1) is 16.7. The lowest BCUT2D eigenvalue weighted by atomic mass is 10.1. The number of hydrogen-bond donors (Lipinski definition) is 0. The average molecular weight is 326 g/mol. The van der Waals surface area contributed by atoms with Gasteiger partial charge in [0.2, 0.25) is 0 Å². The zero-order valence-electron chi connectivity index (χ0n) is 14.3. The van der Waals surface area contributed by atoms with Crippen LogP contribution in [0.3, 0.4) is 0 Å². The van der Waals surface area contributed by atoms with E-state index in [1.54, 1.807) is 0 Å². The molecule has 0 aliphatic carbocycles. The Bertz CT molecular complexity index is 699. The third-order valence-corrected chi connectivity index (χ3v) is 4.45. The molecule has 1 aliphatic rings. The van der Waals surface area contributed by atoms with Crippen LogP contribution < -0.4 is 0 Å². The summed E-state index contributed by atoms with van der Waals surface area (Å²) in [6, 6.07) is 12.6. The zero-order chi connectivity index (χ0) is 17.1. The van der Waals surface area contributed by atoms with Gasteiger partial charge in [0.05, 0.1) is 0 Å². The summed E-state index contributed by atoms with van der Waals surface area (Å²) >= 11 is 0. The summed E-state index contributed by atoms with van der Waals surface area (Å²) in [5.41, 5.74) is 4.12. The van der Waals surface area contributed by atoms with E-state index in [9.17, 15) is 9.18 Å². The second kappa shape index (κ2) is 7.14. The van der Waals surface area contributed by atoms with Crippen LogP contribution in [0.4, 0.5) is 4.39 Å². The second-order valence-corrected chi connectivity index (χ2v) is 6.57. The minimum Gasteiger partial charge on any atom is -0.336 e. The van der Waals surface area contributed by atoms with Crippen LogP contribution >= 0.6 is 0 Å². The quantitative estimate of drug-likeness (QED) is 0.863. The third kappa shape index (κ3) is 4.01. The summed E-state index contributed by atoms with van der Waals surface area (Å²) in [5.74, 6) is -0.0918. The summed E-state index contributed by atoms with van der Waals surface area (Å²) < 4.78 is 13.0. The molecule has 0 unspecified atom stereocenters. The first-order valence-electron chi connectivity index (χ1n) is 8.35. The van der Waals surface area contributed by atoms with E-state index in [4.69, 9.17) is 0 Å². The van der Waals surface area contributed by atoms with E-state index in [0.29, 0.717) is 0 Å². The van der Waals surface area contributed by atoms with E-state index in [-0.39, 0.29) is 11.7 Å². The predicted octanol–water partition coefficient (Wildman–Crippen LogP) is 3.40. The van der Waals surface area contributed by atoms with E-state index in [1.807, 2.05) is 43.0 Å². The lowest BCUT2D eigenvalue weighted by molar-refractivity contribution is 0.0628. The van der Waals surface area contributed by atoms with Crippen molar-refractivity contribution < 1.29 is 9.18 Å². The van der Waals surface area contributed by atoms with Crippen LogP contribution in [0.15, 0.2) is 42.5 Å². The number of nitrogens with zero attached hydrogens (tertiary/aromatic N) is 2. The number of carbonyl (C=O) groups excluding carboxylic acids is 1. The lowest BCUT2D eigenvalue weighted by Gasteiger charge is -2.35. The number of halogens is 1. The number of carbonyl (C=O) groups is 1. The molecule has 2 aromatic carbocycles. The molecule has 1 saturated heterocycles. The van der Waals surface area contributed by atoms with Gasteiger partial charge in [-0.3, -0.25) is 9.69 Å². The van der Waals surface area contributed by atoms with Gasteiger partial charge in [-0.15, -0.1) is 0 Å². The maximum atomic E-state index is 13.0. The normalized spacial score (nSPS) is 15.5. The van der Waals surface area contributed by atoms with Gasteiger partial charge in [0.15, 0.2) is 0 Å². The molecule has 1 amide bonds. The molecule has 1 fully saturated rings. The van der Waals surface area contributed by atoms with Gasteiger partial charge in [-0.2, -0.15) is 0 Å². The Hall–Kier alpha value is -2.20. The van der Waals surface area contributed by atoms with Gasteiger partial charge >= 0.3 is 0 Å². The lowest BCUT2D eigenvalue weighted by Crippen LogP contribution is -2.48. The second-order valence-electron chi connectivity index (χ2n) is 6.57. The highest BCUT2D eigenvalue weighted by molar-refractivity contribution is 5.94. The van der Waals surface area contributed by atoms with Crippen LogP contribution in [-0.2, 0) is 6.54 Å². The van der Waals surface area contributed by atoms with E-state index in [1.165, 1.54) is 12.1 Å². The molecule has 3 nitrogen and oxygen atoms in total. The van der Waals surface area contributed by atoms with Crippen molar-refractivity contribution in [2.75, 3.05) is 26.2 Å². The van der Waals surface area contributed by atoms with Crippen molar-refractivity contribution in [2.45, 2.75) is 20.4 Å². The van der Waals surface area contributed by atoms with Crippen LogP contribution in [0, 0.1) is 19.7 Å². The van der Waals surface area contributed by atoms with Crippen molar-refractivity contribution in [3.8, 4) is 0 Å². The van der Waals surface area contributed by atoms with Crippen molar-refractivity contribution in [3.05, 3.63) is 70.5 Å². The van der Waals surface area contributed by atoms with Crippen LogP contribution in [0.5, 0.6) is 0 Å². The molecule has 0 spiro atoms. The topological polar surface area (TPSA) is 23.6 Å². The summed E-state index contributed by atoms with van der Waals surface area (Å²) in [7, 11) is 0. The maximum absolute atomic E-state index is 13.0. The molecule has 1 aliphatic heterocycles. The molecular formula is C20H23FN2O. The highest BCUT2D eigenvalue weighted by Gasteiger charge is 2.22. The largest absolute Gasteiger partial charge is 0.336 e. The van der Waals surface area contributed by atoms with Crippen molar-refractivity contribution >= 4 is 5.91 Å². The van der Waals surface area contributed by atoms with Gasteiger partial charge < -0.3 is 4.90 Å². The van der Waals surface area contributed by atoms with Crippen LogP contribution in [0.2, 0.25) is 0 Å². The fourth-order valence-electron chi connectivity index (χ4n) is 3.24. The van der Waals surface area contributed by atoms with E-state index < -0.39 is 0 Å². The molecule has 0 saturated carbocycles. The predicted molar refractivity (Wildman–Crippen MR) is 93.5 cm³/mol. The van der Waals surface area contributed by atoms with Gasteiger partial charge in [0.1, 0.15) is 5.82 Å². The highest BCUT2D eigenvalue weighted by Crippen LogP contribution is 2.14. The monoisotopic (exact) mass is 326 g/mol. The Balaban J connectivity index is 1.58. The van der Waals surface area contributed by atoms with Crippen molar-refractivity contribution in [3.63, 3.8) is 0 Å². The number of piperazine rings is 1. The summed E-state index contributed by atoms with van der Waals surface area (Å²) in [5, 5.41) is 0. The fraction of sp³-hybridized carbons (Fsp3) is 0.350. The number of amides is 1. The summed E-state index contributed by atoms with van der Waals surface area (Å²) in [6.45, 7) is 7.97. The van der Waals surface area contributed by atoms with E-state index in [0.717, 1.165) is 55.0 Å². The number of rotatable bonds is 3. The molecule has 2 aromatic rings. The molecule has 0 bridgehead atoms. The third-order valence-electron chi connectivity index (χ3n) is 4.45. The van der Waals surface area contributed by atoms with Gasteiger partial charge in [0.25, 0.3) is 5.91 Å². The Labute approximate surface area is 142 Å². The van der Waals surface area contributed by atoms with Crippen LogP contribution in [0.25, 0.3) is 0 Å². The number of aryl methyl sites for hydroxylation is 2. The Morgan fingerprint density at radius 3 is 2.12 bits per heavy atom. The van der Waals surface area contributed by atoms with Crippen molar-refractivity contribution in [2.24, 2.45) is 0 Å². The smallest absolute Gasteiger partial charge is 0.253 e. The number of hydrogen-bond acceptors (Lipinski definition) is 2. The number of benzene rings is 2. The molecule has 1 heterocycles. The molecule has 0 atom stereocenters. The van der Waals surface area contributed by atoms with Crippen molar-refractivity contribution in [1.29, 1.82) is 0 Å². The highest BCUT2D eigenvalue weighted by atomic mass is 19.1. The first-order chi connectivity index (χ1) is 11.5. The Kier molecular flexibility index (Phi) is 4.95. The summed E-state index contributed by atoms with van der Waals surface area (Å²) in [4.78, 5) is 16.9. The molecule has 3 rings (SSSR count). The molecule has 126 valence electrons. The molecule has 0 aromatic heterocycles. The molecule has 24 heavy (non-hydrogen) atoms. The van der Waals surface area contributed by atoms with Gasteiger partial charge in [-0.1, -0.05) is 29.3 Å².